The van der Waals surface area contributed by atoms with E-state index >= 15 is 0 Å². The molecule has 0 saturated heterocycles. The van der Waals surface area contributed by atoms with Gasteiger partial charge in [0.25, 0.3) is 0 Å². The molecule has 8 nitrogen and oxygen atoms in total. The quantitative estimate of drug-likeness (QED) is 0.336. The molecule has 0 heterocycles. The van der Waals surface area contributed by atoms with Crippen molar-refractivity contribution in [2.24, 2.45) is 5.41 Å². The highest BCUT2D eigenvalue weighted by atomic mass is 16.4. The fourth-order valence-electron chi connectivity index (χ4n) is 2.43. The summed E-state index contributed by atoms with van der Waals surface area (Å²) in [6.45, 7) is 3.39. The minimum atomic E-state index is -1.08. The topological polar surface area (TPSA) is 149 Å². The molecule has 0 aliphatic rings. The van der Waals surface area contributed by atoms with Gasteiger partial charge in [0, 0.05) is 12.8 Å². The van der Waals surface area contributed by atoms with E-state index in [-0.39, 0.29) is 19.3 Å². The van der Waals surface area contributed by atoms with E-state index in [1.807, 2.05) is 0 Å². The van der Waals surface area contributed by atoms with Crippen LogP contribution < -0.4 is 0 Å². The van der Waals surface area contributed by atoms with E-state index in [0.29, 0.717) is 12.8 Å². The van der Waals surface area contributed by atoms with Gasteiger partial charge in [-0.3, -0.25) is 19.2 Å². The summed E-state index contributed by atoms with van der Waals surface area (Å²) in [5.41, 5.74) is -1.08. The lowest BCUT2D eigenvalue weighted by atomic mass is 9.79. The molecular formula is C18H32O8. The number of carboxylic acid groups (broad SMARTS) is 4. The number of unbranched alkanes of at least 4 members (excludes halogenated alkanes) is 5. The van der Waals surface area contributed by atoms with E-state index in [4.69, 9.17) is 20.4 Å². The highest BCUT2D eigenvalue weighted by molar-refractivity contribution is 5.81. The van der Waals surface area contributed by atoms with Gasteiger partial charge in [-0.25, -0.2) is 0 Å². The van der Waals surface area contributed by atoms with Crippen molar-refractivity contribution in [2.45, 2.75) is 84.5 Å². The number of aliphatic carboxylic acids is 4. The van der Waals surface area contributed by atoms with Crippen molar-refractivity contribution in [1.29, 1.82) is 0 Å². The molecule has 0 aromatic rings. The largest absolute Gasteiger partial charge is 0.481 e. The van der Waals surface area contributed by atoms with Crippen LogP contribution in [0.5, 0.6) is 0 Å². The Balaban J connectivity index is 0. The summed E-state index contributed by atoms with van der Waals surface area (Å²) < 4.78 is 0. The Morgan fingerprint density at radius 1 is 0.615 bits per heavy atom. The third-order valence-corrected chi connectivity index (χ3v) is 4.33. The predicted octanol–water partition coefficient (Wildman–Crippen LogP) is 3.63. The lowest BCUT2D eigenvalue weighted by molar-refractivity contribution is -0.156. The third kappa shape index (κ3) is 14.2. The van der Waals surface area contributed by atoms with Gasteiger partial charge >= 0.3 is 23.9 Å². The van der Waals surface area contributed by atoms with Crippen molar-refractivity contribution in [1.82, 2.24) is 0 Å². The summed E-state index contributed by atoms with van der Waals surface area (Å²) in [5.74, 6) is -3.55. The molecule has 152 valence electrons. The number of hydrogen-bond acceptors (Lipinski definition) is 4. The van der Waals surface area contributed by atoms with Crippen molar-refractivity contribution < 1.29 is 39.6 Å². The molecule has 0 aromatic heterocycles. The lowest BCUT2D eigenvalue weighted by Crippen LogP contribution is -2.32. The van der Waals surface area contributed by atoms with Gasteiger partial charge in [-0.15, -0.1) is 0 Å². The van der Waals surface area contributed by atoms with Crippen LogP contribution in [0.15, 0.2) is 0 Å². The summed E-state index contributed by atoms with van der Waals surface area (Å²) in [7, 11) is 0. The van der Waals surface area contributed by atoms with Gasteiger partial charge in [-0.05, 0) is 25.7 Å². The van der Waals surface area contributed by atoms with Crippen molar-refractivity contribution in [2.75, 3.05) is 0 Å². The third-order valence-electron chi connectivity index (χ3n) is 4.33. The Labute approximate surface area is 154 Å². The molecule has 0 bridgehead atoms. The van der Waals surface area contributed by atoms with Crippen molar-refractivity contribution in [3.63, 3.8) is 0 Å². The second kappa shape index (κ2) is 15.2. The average Bonchev–Trinajstić information content (AvgIpc) is 2.54. The minimum Gasteiger partial charge on any atom is -0.481 e. The van der Waals surface area contributed by atoms with Crippen LogP contribution in [0.1, 0.15) is 84.5 Å². The molecule has 0 saturated carbocycles. The van der Waals surface area contributed by atoms with Crippen LogP contribution >= 0.6 is 0 Å². The second-order valence-corrected chi connectivity index (χ2v) is 6.27. The van der Waals surface area contributed by atoms with Gasteiger partial charge in [0.05, 0.1) is 11.8 Å². The van der Waals surface area contributed by atoms with Gasteiger partial charge in [0.1, 0.15) is 0 Å². The Hall–Kier alpha value is -2.12. The smallest absolute Gasteiger partial charge is 0.310 e. The molecule has 0 rings (SSSR count). The Kier molecular flexibility index (Phi) is 15.2. The van der Waals surface area contributed by atoms with Crippen molar-refractivity contribution in [3.8, 4) is 0 Å². The normalized spacial score (nSPS) is 10.5. The van der Waals surface area contributed by atoms with Crippen LogP contribution in [0.25, 0.3) is 0 Å². The second-order valence-electron chi connectivity index (χ2n) is 6.27. The molecule has 26 heavy (non-hydrogen) atoms. The van der Waals surface area contributed by atoms with Gasteiger partial charge in [-0.1, -0.05) is 39.5 Å². The molecule has 4 N–H and O–H groups in total. The standard InChI is InChI=1S/C10H18O4.C8H14O4/c11-9(12)7-5-3-1-2-4-6-8-10(13)14;1-3-8(4-2,7(11)12)5-6(9)10/h1-8H2,(H,11,12)(H,13,14);3-5H2,1-2H3,(H,9,10)(H,11,12). The number of carbonyl (C=O) groups is 4. The first-order valence-corrected chi connectivity index (χ1v) is 9.00. The van der Waals surface area contributed by atoms with Crippen molar-refractivity contribution in [3.05, 3.63) is 0 Å². The summed E-state index contributed by atoms with van der Waals surface area (Å²) >= 11 is 0. The van der Waals surface area contributed by atoms with Gasteiger partial charge in [-0.2, -0.15) is 0 Å². The monoisotopic (exact) mass is 376 g/mol. The molecule has 0 atom stereocenters. The number of carboxylic acids is 4. The fourth-order valence-corrected chi connectivity index (χ4v) is 2.43. The molecule has 0 radical (unpaired) electrons. The lowest BCUT2D eigenvalue weighted by Gasteiger charge is -2.24. The summed E-state index contributed by atoms with van der Waals surface area (Å²) in [6.07, 6.45) is 6.23. The van der Waals surface area contributed by atoms with Crippen LogP contribution in [0.4, 0.5) is 0 Å². The zero-order valence-corrected chi connectivity index (χ0v) is 15.7. The molecule has 0 spiro atoms. The van der Waals surface area contributed by atoms with Gasteiger partial charge < -0.3 is 20.4 Å². The maximum atomic E-state index is 10.8. The van der Waals surface area contributed by atoms with Crippen molar-refractivity contribution >= 4 is 23.9 Å². The number of hydrogen-bond donors (Lipinski definition) is 4. The maximum absolute atomic E-state index is 10.8. The van der Waals surface area contributed by atoms with Crippen LogP contribution in [0.2, 0.25) is 0 Å². The fraction of sp³-hybridized carbons (Fsp3) is 0.778. The molecule has 8 heteroatoms. The Morgan fingerprint density at radius 3 is 1.15 bits per heavy atom. The average molecular weight is 376 g/mol. The zero-order chi connectivity index (χ0) is 20.6. The Morgan fingerprint density at radius 2 is 0.962 bits per heavy atom. The predicted molar refractivity (Wildman–Crippen MR) is 95.1 cm³/mol. The zero-order valence-electron chi connectivity index (χ0n) is 15.7. The van der Waals surface area contributed by atoms with Crippen LogP contribution in [-0.4, -0.2) is 44.3 Å². The maximum Gasteiger partial charge on any atom is 0.310 e. The van der Waals surface area contributed by atoms with E-state index in [9.17, 15) is 19.2 Å². The molecule has 0 amide bonds. The van der Waals surface area contributed by atoms with E-state index in [0.717, 1.165) is 38.5 Å². The molecule has 0 aromatic carbocycles. The SMILES string of the molecule is CCC(CC)(CC(=O)O)C(=O)O.O=C(O)CCCCCCCCC(=O)O. The summed E-state index contributed by atoms with van der Waals surface area (Å²) in [4.78, 5) is 41.4. The first kappa shape index (κ1) is 26.1. The van der Waals surface area contributed by atoms with E-state index in [1.165, 1.54) is 0 Å². The van der Waals surface area contributed by atoms with Gasteiger partial charge in [0.2, 0.25) is 0 Å². The molecule has 0 fully saturated rings. The molecular weight excluding hydrogens is 344 g/mol. The van der Waals surface area contributed by atoms with E-state index in [2.05, 4.69) is 0 Å². The molecule has 0 unspecified atom stereocenters. The van der Waals surface area contributed by atoms with E-state index < -0.39 is 29.3 Å². The molecule has 0 aliphatic heterocycles. The number of rotatable bonds is 14. The molecule has 0 aliphatic carbocycles. The van der Waals surface area contributed by atoms with Gasteiger partial charge in [0.15, 0.2) is 0 Å². The van der Waals surface area contributed by atoms with Crippen LogP contribution in [0, 0.1) is 5.41 Å². The first-order chi connectivity index (χ1) is 12.1. The van der Waals surface area contributed by atoms with E-state index in [1.54, 1.807) is 13.8 Å². The highest BCUT2D eigenvalue weighted by Crippen LogP contribution is 2.30. The first-order valence-electron chi connectivity index (χ1n) is 9.00. The summed E-state index contributed by atoms with van der Waals surface area (Å²) in [6, 6.07) is 0. The minimum absolute atomic E-state index is 0.245. The van der Waals surface area contributed by atoms with Crippen LogP contribution in [0.3, 0.4) is 0 Å². The van der Waals surface area contributed by atoms with Crippen LogP contribution in [-0.2, 0) is 19.2 Å². The highest BCUT2D eigenvalue weighted by Gasteiger charge is 2.36. The summed E-state index contributed by atoms with van der Waals surface area (Å²) in [5, 5.41) is 34.0. The Bertz CT molecular complexity index is 420.